The van der Waals surface area contributed by atoms with Crippen LogP contribution in [-0.4, -0.2) is 28.8 Å². The lowest BCUT2D eigenvalue weighted by molar-refractivity contribution is 0.0696. The molecule has 1 heterocycles. The van der Waals surface area contributed by atoms with E-state index in [1.54, 1.807) is 24.3 Å². The molecule has 5 rings (SSSR count). The van der Waals surface area contributed by atoms with Gasteiger partial charge in [0.15, 0.2) is 5.78 Å². The predicted octanol–water partition coefficient (Wildman–Crippen LogP) is 5.02. The van der Waals surface area contributed by atoms with Crippen molar-refractivity contribution in [3.05, 3.63) is 94.0 Å². The van der Waals surface area contributed by atoms with E-state index in [0.29, 0.717) is 16.8 Å². The number of amides is 1. The molecule has 0 aromatic heterocycles. The van der Waals surface area contributed by atoms with Gasteiger partial charge >= 0.3 is 5.97 Å². The number of nitrogens with one attached hydrogen (secondary N) is 1. The molecule has 2 aliphatic rings. The Morgan fingerprint density at radius 1 is 1.00 bits per heavy atom. The van der Waals surface area contributed by atoms with Crippen LogP contribution in [0.1, 0.15) is 36.6 Å². The van der Waals surface area contributed by atoms with Crippen molar-refractivity contribution in [1.29, 1.82) is 0 Å². The van der Waals surface area contributed by atoms with Gasteiger partial charge in [0.25, 0.3) is 5.91 Å². The van der Waals surface area contributed by atoms with Crippen LogP contribution in [0.5, 0.6) is 0 Å². The number of Topliss-reactive ketones (excluding diaryl/α,β-unsaturated/α-hetero) is 1. The molecule has 0 radical (unpaired) electrons. The minimum atomic E-state index is -1.17. The third-order valence-electron chi connectivity index (χ3n) is 5.38. The van der Waals surface area contributed by atoms with Gasteiger partial charge in [-0.1, -0.05) is 48.0 Å². The van der Waals surface area contributed by atoms with Gasteiger partial charge in [0.05, 0.1) is 16.8 Å². The third-order valence-corrected chi connectivity index (χ3v) is 5.60. The van der Waals surface area contributed by atoms with Crippen LogP contribution in [0.2, 0.25) is 5.02 Å². The zero-order chi connectivity index (χ0) is 21.7. The number of benzene rings is 3. The molecule has 152 valence electrons. The van der Waals surface area contributed by atoms with Gasteiger partial charge in [-0.2, -0.15) is 0 Å². The normalized spacial score (nSPS) is 16.4. The van der Waals surface area contributed by atoms with Gasteiger partial charge in [0.2, 0.25) is 0 Å². The summed E-state index contributed by atoms with van der Waals surface area (Å²) in [6, 6.07) is 16.2. The number of ketones is 1. The molecule has 0 spiro atoms. The van der Waals surface area contributed by atoms with Crippen molar-refractivity contribution in [3.8, 4) is 0 Å². The van der Waals surface area contributed by atoms with E-state index in [4.69, 9.17) is 11.6 Å². The molecule has 1 aliphatic carbocycles. The molecule has 3 aromatic rings. The molecule has 1 unspecified atom stereocenters. The Balaban J connectivity index is 1.68. The van der Waals surface area contributed by atoms with Crippen LogP contribution >= 0.6 is 11.6 Å². The predicted molar refractivity (Wildman–Crippen MR) is 119 cm³/mol. The molecule has 0 saturated heterocycles. The fraction of sp³-hybridized carbons (Fsp3) is 0.0417. The smallest absolute Gasteiger partial charge is 0.335 e. The first-order valence-electron chi connectivity index (χ1n) is 9.53. The Morgan fingerprint density at radius 2 is 1.77 bits per heavy atom. The van der Waals surface area contributed by atoms with Gasteiger partial charge in [0, 0.05) is 22.0 Å². The topological polar surface area (TPSA) is 86.7 Å². The summed E-state index contributed by atoms with van der Waals surface area (Å²) in [6.07, 6.45) is 3.45. The maximum atomic E-state index is 13.7. The van der Waals surface area contributed by atoms with Gasteiger partial charge in [-0.25, -0.2) is 4.79 Å². The molecule has 7 heteroatoms. The van der Waals surface area contributed by atoms with Crippen molar-refractivity contribution >= 4 is 52.4 Å². The maximum Gasteiger partial charge on any atom is 0.335 e. The quantitative estimate of drug-likeness (QED) is 0.606. The average molecular weight is 431 g/mol. The number of hydrogen-bond acceptors (Lipinski definition) is 4. The van der Waals surface area contributed by atoms with E-state index in [1.165, 1.54) is 23.1 Å². The highest BCUT2D eigenvalue weighted by molar-refractivity contribution is 6.32. The number of aromatic carboxylic acids is 1. The molecule has 1 aliphatic heterocycles. The number of carboxylic acids is 1. The lowest BCUT2D eigenvalue weighted by Gasteiger charge is -2.37. The summed E-state index contributed by atoms with van der Waals surface area (Å²) < 4.78 is 0. The van der Waals surface area contributed by atoms with E-state index in [1.807, 2.05) is 30.3 Å². The van der Waals surface area contributed by atoms with Gasteiger partial charge in [-0.15, -0.1) is 0 Å². The standard InChI is InChI=1S/C24H15ClN2O4/c25-15-10-14(24(30)31)11-17(12-15)27-19-9-7-13-6-8-18(26-16-4-2-1-3-5-16)21(23(27)29)20(13)22(19)28/h1-12,19,26H,(H,30,31). The maximum absolute atomic E-state index is 13.7. The number of halogens is 1. The lowest BCUT2D eigenvalue weighted by Crippen LogP contribution is -2.50. The SMILES string of the molecule is O=C(O)c1cc(Cl)cc(N2C(=O)c3c(Nc4ccccc4)ccc4c3C(=O)C2C=C4)c1. The Labute approximate surface area is 182 Å². The van der Waals surface area contributed by atoms with Crippen LogP contribution in [0.15, 0.2) is 66.7 Å². The van der Waals surface area contributed by atoms with Crippen molar-refractivity contribution in [2.75, 3.05) is 10.2 Å². The first kappa shape index (κ1) is 19.1. The van der Waals surface area contributed by atoms with Crippen LogP contribution in [0.3, 0.4) is 0 Å². The second-order valence-electron chi connectivity index (χ2n) is 7.29. The van der Waals surface area contributed by atoms with E-state index in [0.717, 1.165) is 5.69 Å². The highest BCUT2D eigenvalue weighted by Crippen LogP contribution is 2.39. The number of nitrogens with zero attached hydrogens (tertiary/aromatic N) is 1. The van der Waals surface area contributed by atoms with E-state index in [9.17, 15) is 19.5 Å². The number of anilines is 3. The molecule has 1 atom stereocenters. The monoisotopic (exact) mass is 430 g/mol. The minimum Gasteiger partial charge on any atom is -0.478 e. The third kappa shape index (κ3) is 3.08. The van der Waals surface area contributed by atoms with Crippen molar-refractivity contribution in [2.45, 2.75) is 6.04 Å². The molecule has 31 heavy (non-hydrogen) atoms. The molecule has 0 fully saturated rings. The minimum absolute atomic E-state index is 0.0651. The van der Waals surface area contributed by atoms with E-state index < -0.39 is 17.9 Å². The number of rotatable bonds is 4. The molecular weight excluding hydrogens is 416 g/mol. The van der Waals surface area contributed by atoms with Gasteiger partial charge in [0.1, 0.15) is 6.04 Å². The summed E-state index contributed by atoms with van der Waals surface area (Å²) in [6.45, 7) is 0. The van der Waals surface area contributed by atoms with Crippen LogP contribution in [-0.2, 0) is 0 Å². The number of carbonyl (C=O) groups excluding carboxylic acids is 2. The lowest BCUT2D eigenvalue weighted by atomic mass is 9.82. The fourth-order valence-electron chi connectivity index (χ4n) is 4.02. The number of carbonyl (C=O) groups is 3. The number of carboxylic acid groups (broad SMARTS) is 1. The van der Waals surface area contributed by atoms with Crippen molar-refractivity contribution in [2.24, 2.45) is 0 Å². The number of fused-ring (bicyclic) bond motifs is 1. The summed E-state index contributed by atoms with van der Waals surface area (Å²) >= 11 is 6.12. The van der Waals surface area contributed by atoms with Gasteiger partial charge in [-0.05, 0) is 42.0 Å². The largest absolute Gasteiger partial charge is 0.478 e. The molecule has 2 N–H and O–H groups in total. The summed E-state index contributed by atoms with van der Waals surface area (Å²) in [5, 5.41) is 12.8. The van der Waals surface area contributed by atoms with E-state index in [2.05, 4.69) is 5.32 Å². The van der Waals surface area contributed by atoms with Crippen molar-refractivity contribution in [1.82, 2.24) is 0 Å². The van der Waals surface area contributed by atoms with Crippen LogP contribution in [0, 0.1) is 0 Å². The van der Waals surface area contributed by atoms with E-state index >= 15 is 0 Å². The average Bonchev–Trinajstić information content (AvgIpc) is 2.75. The van der Waals surface area contributed by atoms with Crippen LogP contribution in [0.25, 0.3) is 6.08 Å². The molecule has 6 nitrogen and oxygen atoms in total. The summed E-state index contributed by atoms with van der Waals surface area (Å²) in [5.41, 5.74) is 2.77. The second-order valence-corrected chi connectivity index (χ2v) is 7.73. The Morgan fingerprint density at radius 3 is 2.52 bits per heavy atom. The van der Waals surface area contributed by atoms with Crippen molar-refractivity contribution in [3.63, 3.8) is 0 Å². The molecule has 1 amide bonds. The highest BCUT2D eigenvalue weighted by Gasteiger charge is 2.43. The van der Waals surface area contributed by atoms with Crippen molar-refractivity contribution < 1.29 is 19.5 Å². The van der Waals surface area contributed by atoms with E-state index in [-0.39, 0.29) is 27.6 Å². The summed E-state index contributed by atoms with van der Waals surface area (Å²) in [5.74, 6) is -1.80. The first-order chi connectivity index (χ1) is 14.9. The Kier molecular flexibility index (Phi) is 4.38. The first-order valence-corrected chi connectivity index (χ1v) is 9.91. The zero-order valence-corrected chi connectivity index (χ0v) is 16.8. The Bertz CT molecular complexity index is 1300. The highest BCUT2D eigenvalue weighted by atomic mass is 35.5. The molecule has 3 aromatic carbocycles. The number of para-hydroxylation sites is 1. The summed E-state index contributed by atoms with van der Waals surface area (Å²) in [7, 11) is 0. The zero-order valence-electron chi connectivity index (χ0n) is 16.0. The van der Waals surface area contributed by atoms with Crippen LogP contribution in [0.4, 0.5) is 17.1 Å². The Hall–Kier alpha value is -3.90. The molecule has 2 bridgehead atoms. The molecular formula is C24H15ClN2O4. The van der Waals surface area contributed by atoms with Crippen LogP contribution < -0.4 is 10.2 Å². The fourth-order valence-corrected chi connectivity index (χ4v) is 4.25. The number of hydrogen-bond donors (Lipinski definition) is 2. The summed E-state index contributed by atoms with van der Waals surface area (Å²) in [4.78, 5) is 39.8. The van der Waals surface area contributed by atoms with Gasteiger partial charge < -0.3 is 10.4 Å². The van der Waals surface area contributed by atoms with Gasteiger partial charge in [-0.3, -0.25) is 14.5 Å². The molecule has 0 saturated carbocycles. The second kappa shape index (κ2) is 7.11.